The molecule has 1 nitrogen and oxygen atoms in total. The molecule has 0 saturated heterocycles. The number of phenolic OH excluding ortho intramolecular Hbond substituents is 1. The van der Waals surface area contributed by atoms with E-state index >= 15 is 0 Å². The molecule has 0 spiro atoms. The molecule has 76 valence electrons. The molecule has 0 bridgehead atoms. The van der Waals surface area contributed by atoms with Gasteiger partial charge >= 0.3 is 0 Å². The van der Waals surface area contributed by atoms with Crippen molar-refractivity contribution in [3.63, 3.8) is 0 Å². The Balaban J connectivity index is 2.59. The fraction of sp³-hybridized carbons (Fsp3) is 0. The molecule has 15 heavy (non-hydrogen) atoms. The summed E-state index contributed by atoms with van der Waals surface area (Å²) in [5, 5.41) is 9.39. The molecule has 2 aromatic rings. The molecule has 0 aliphatic heterocycles. The standard InChI is InChI=1S/C12H8BrFO/c13-9-5-8(6-10(15)7-9)11-3-1-2-4-12(11)14/h1-7,15H. The van der Waals surface area contributed by atoms with Gasteiger partial charge in [-0.25, -0.2) is 4.39 Å². The quantitative estimate of drug-likeness (QED) is 0.829. The first-order valence-electron chi connectivity index (χ1n) is 4.41. The normalized spacial score (nSPS) is 10.3. The predicted octanol–water partition coefficient (Wildman–Crippen LogP) is 3.96. The average molecular weight is 267 g/mol. The van der Waals surface area contributed by atoms with E-state index < -0.39 is 0 Å². The highest BCUT2D eigenvalue weighted by molar-refractivity contribution is 9.10. The van der Waals surface area contributed by atoms with E-state index in [1.165, 1.54) is 12.1 Å². The molecule has 0 saturated carbocycles. The zero-order chi connectivity index (χ0) is 10.8. The van der Waals surface area contributed by atoms with Gasteiger partial charge in [0.1, 0.15) is 11.6 Å². The smallest absolute Gasteiger partial charge is 0.131 e. The fourth-order valence-electron chi connectivity index (χ4n) is 1.42. The SMILES string of the molecule is Oc1cc(Br)cc(-c2ccccc2F)c1. The Kier molecular flexibility index (Phi) is 2.73. The van der Waals surface area contributed by atoms with E-state index in [2.05, 4.69) is 15.9 Å². The molecule has 2 aromatic carbocycles. The highest BCUT2D eigenvalue weighted by atomic mass is 79.9. The van der Waals surface area contributed by atoms with Crippen LogP contribution in [0.1, 0.15) is 0 Å². The topological polar surface area (TPSA) is 20.2 Å². The van der Waals surface area contributed by atoms with Crippen LogP contribution in [0.5, 0.6) is 5.75 Å². The van der Waals surface area contributed by atoms with Crippen molar-refractivity contribution in [2.75, 3.05) is 0 Å². The molecule has 0 fully saturated rings. The summed E-state index contributed by atoms with van der Waals surface area (Å²) in [6.07, 6.45) is 0. The number of hydrogen-bond donors (Lipinski definition) is 1. The first-order valence-corrected chi connectivity index (χ1v) is 5.20. The minimum Gasteiger partial charge on any atom is -0.508 e. The van der Waals surface area contributed by atoms with E-state index in [1.54, 1.807) is 30.3 Å². The number of halogens is 2. The summed E-state index contributed by atoms with van der Waals surface area (Å²) >= 11 is 3.25. The lowest BCUT2D eigenvalue weighted by atomic mass is 10.1. The third kappa shape index (κ3) is 2.18. The molecule has 3 heteroatoms. The van der Waals surface area contributed by atoms with Gasteiger partial charge < -0.3 is 5.11 Å². The van der Waals surface area contributed by atoms with Gasteiger partial charge in [0.25, 0.3) is 0 Å². The first kappa shape index (κ1) is 10.2. The monoisotopic (exact) mass is 266 g/mol. The third-order valence-corrected chi connectivity index (χ3v) is 2.53. The van der Waals surface area contributed by atoms with Crippen molar-refractivity contribution in [2.45, 2.75) is 0 Å². The molecule has 0 aromatic heterocycles. The number of aromatic hydroxyl groups is 1. The van der Waals surface area contributed by atoms with Gasteiger partial charge in [0.2, 0.25) is 0 Å². The summed E-state index contributed by atoms with van der Waals surface area (Å²) in [6, 6.07) is 11.3. The number of phenols is 1. The molecular weight excluding hydrogens is 259 g/mol. The maximum Gasteiger partial charge on any atom is 0.131 e. The summed E-state index contributed by atoms with van der Waals surface area (Å²) in [4.78, 5) is 0. The largest absolute Gasteiger partial charge is 0.508 e. The van der Waals surface area contributed by atoms with Crippen LogP contribution in [0.2, 0.25) is 0 Å². The van der Waals surface area contributed by atoms with E-state index in [0.29, 0.717) is 11.1 Å². The van der Waals surface area contributed by atoms with Gasteiger partial charge in [-0.05, 0) is 29.8 Å². The molecule has 0 atom stereocenters. The molecule has 0 amide bonds. The van der Waals surface area contributed by atoms with Crippen LogP contribution in [0.3, 0.4) is 0 Å². The van der Waals surface area contributed by atoms with Gasteiger partial charge in [-0.3, -0.25) is 0 Å². The van der Waals surface area contributed by atoms with Crippen LogP contribution in [0.4, 0.5) is 4.39 Å². The highest BCUT2D eigenvalue weighted by Gasteiger charge is 2.05. The summed E-state index contributed by atoms with van der Waals surface area (Å²) in [7, 11) is 0. The van der Waals surface area contributed by atoms with Crippen LogP contribution >= 0.6 is 15.9 Å². The zero-order valence-corrected chi connectivity index (χ0v) is 9.33. The van der Waals surface area contributed by atoms with Crippen molar-refractivity contribution in [3.05, 3.63) is 52.8 Å². The van der Waals surface area contributed by atoms with E-state index in [-0.39, 0.29) is 11.6 Å². The second-order valence-electron chi connectivity index (χ2n) is 3.18. The van der Waals surface area contributed by atoms with E-state index in [4.69, 9.17) is 0 Å². The van der Waals surface area contributed by atoms with E-state index in [1.807, 2.05) is 0 Å². The average Bonchev–Trinajstić information content (AvgIpc) is 2.16. The molecule has 0 radical (unpaired) electrons. The predicted molar refractivity (Wildman–Crippen MR) is 61.2 cm³/mol. The summed E-state index contributed by atoms with van der Waals surface area (Å²) in [5.41, 5.74) is 1.13. The van der Waals surface area contributed by atoms with Crippen molar-refractivity contribution >= 4 is 15.9 Å². The summed E-state index contributed by atoms with van der Waals surface area (Å²) in [6.45, 7) is 0. The Bertz CT molecular complexity index is 476. The second kappa shape index (κ2) is 4.03. The van der Waals surface area contributed by atoms with Gasteiger partial charge in [-0.15, -0.1) is 0 Å². The molecular formula is C12H8BrFO. The van der Waals surface area contributed by atoms with Crippen LogP contribution in [-0.4, -0.2) is 5.11 Å². The van der Waals surface area contributed by atoms with Crippen molar-refractivity contribution in [1.82, 2.24) is 0 Å². The Morgan fingerprint density at radius 1 is 1.07 bits per heavy atom. The van der Waals surface area contributed by atoms with Crippen LogP contribution in [-0.2, 0) is 0 Å². The Hall–Kier alpha value is -1.35. The van der Waals surface area contributed by atoms with Crippen LogP contribution in [0, 0.1) is 5.82 Å². The summed E-state index contributed by atoms with van der Waals surface area (Å²) in [5.74, 6) is -0.183. The molecule has 2 rings (SSSR count). The lowest BCUT2D eigenvalue weighted by Crippen LogP contribution is -1.83. The highest BCUT2D eigenvalue weighted by Crippen LogP contribution is 2.29. The third-order valence-electron chi connectivity index (χ3n) is 2.07. The van der Waals surface area contributed by atoms with Gasteiger partial charge in [0.15, 0.2) is 0 Å². The maximum absolute atomic E-state index is 13.4. The number of rotatable bonds is 1. The van der Waals surface area contributed by atoms with Crippen molar-refractivity contribution in [3.8, 4) is 16.9 Å². The lowest BCUT2D eigenvalue weighted by Gasteiger charge is -2.04. The van der Waals surface area contributed by atoms with E-state index in [0.717, 1.165) is 4.47 Å². The van der Waals surface area contributed by atoms with Gasteiger partial charge in [0.05, 0.1) is 0 Å². The first-order chi connectivity index (χ1) is 7.16. The van der Waals surface area contributed by atoms with Gasteiger partial charge in [-0.1, -0.05) is 34.1 Å². The van der Waals surface area contributed by atoms with Crippen LogP contribution < -0.4 is 0 Å². The molecule has 0 aliphatic carbocycles. The van der Waals surface area contributed by atoms with Crippen molar-refractivity contribution in [1.29, 1.82) is 0 Å². The molecule has 0 aliphatic rings. The van der Waals surface area contributed by atoms with Crippen molar-refractivity contribution < 1.29 is 9.50 Å². The van der Waals surface area contributed by atoms with Crippen LogP contribution in [0.25, 0.3) is 11.1 Å². The van der Waals surface area contributed by atoms with Gasteiger partial charge in [-0.2, -0.15) is 0 Å². The lowest BCUT2D eigenvalue weighted by molar-refractivity contribution is 0.475. The minimum absolute atomic E-state index is 0.114. The Labute approximate surface area is 95.3 Å². The second-order valence-corrected chi connectivity index (χ2v) is 4.09. The number of benzene rings is 2. The van der Waals surface area contributed by atoms with Crippen molar-refractivity contribution in [2.24, 2.45) is 0 Å². The fourth-order valence-corrected chi connectivity index (χ4v) is 1.91. The number of hydrogen-bond acceptors (Lipinski definition) is 1. The molecule has 0 unspecified atom stereocenters. The Morgan fingerprint density at radius 2 is 1.80 bits per heavy atom. The molecule has 1 N–H and O–H groups in total. The zero-order valence-electron chi connectivity index (χ0n) is 7.74. The van der Waals surface area contributed by atoms with Crippen LogP contribution in [0.15, 0.2) is 46.9 Å². The van der Waals surface area contributed by atoms with E-state index in [9.17, 15) is 9.50 Å². The maximum atomic E-state index is 13.4. The van der Waals surface area contributed by atoms with Gasteiger partial charge in [0, 0.05) is 10.0 Å². The molecule has 0 heterocycles. The minimum atomic E-state index is -0.296. The summed E-state index contributed by atoms with van der Waals surface area (Å²) < 4.78 is 14.2. The Morgan fingerprint density at radius 3 is 2.47 bits per heavy atom.